The molecule has 26 heavy (non-hydrogen) atoms. The van der Waals surface area contributed by atoms with Crippen molar-refractivity contribution in [2.75, 3.05) is 11.9 Å². The zero-order valence-corrected chi connectivity index (χ0v) is 14.7. The van der Waals surface area contributed by atoms with Gasteiger partial charge >= 0.3 is 5.97 Å². The van der Waals surface area contributed by atoms with Crippen LogP contribution >= 0.6 is 0 Å². The maximum Gasteiger partial charge on any atom is 0.340 e. The number of amides is 1. The Morgan fingerprint density at radius 3 is 2.73 bits per heavy atom. The van der Waals surface area contributed by atoms with Crippen LogP contribution in [0.2, 0.25) is 0 Å². The minimum Gasteiger partial charge on any atom is -0.462 e. The van der Waals surface area contributed by atoms with E-state index in [1.54, 1.807) is 37.3 Å². The number of ether oxygens (including phenoxy) is 1. The molecule has 7 nitrogen and oxygen atoms in total. The van der Waals surface area contributed by atoms with Crippen LogP contribution in [0.4, 0.5) is 11.5 Å². The highest BCUT2D eigenvalue weighted by Crippen LogP contribution is 2.21. The molecule has 3 rings (SSSR count). The summed E-state index contributed by atoms with van der Waals surface area (Å²) < 4.78 is 5.07. The van der Waals surface area contributed by atoms with Crippen LogP contribution in [0.3, 0.4) is 0 Å². The molecule has 7 heteroatoms. The molecular weight excluding hydrogens is 332 g/mol. The Labute approximate surface area is 152 Å². The van der Waals surface area contributed by atoms with Crippen molar-refractivity contribution in [3.63, 3.8) is 0 Å². The van der Waals surface area contributed by atoms with E-state index in [4.69, 9.17) is 4.74 Å². The Morgan fingerprint density at radius 1 is 1.19 bits per heavy atom. The Bertz CT molecular complexity index is 788. The number of aromatic nitrogens is 2. The van der Waals surface area contributed by atoms with E-state index in [-0.39, 0.29) is 11.9 Å². The number of carbonyl (C=O) groups excluding carboxylic acids is 2. The van der Waals surface area contributed by atoms with Gasteiger partial charge in [-0.1, -0.05) is 25.0 Å². The fourth-order valence-electron chi connectivity index (χ4n) is 3.00. The van der Waals surface area contributed by atoms with Crippen LogP contribution in [0, 0.1) is 0 Å². The van der Waals surface area contributed by atoms with Gasteiger partial charge in [0.15, 0.2) is 0 Å². The normalized spacial score (nSPS) is 14.0. The number of nitrogens with one attached hydrogen (secondary N) is 2. The largest absolute Gasteiger partial charge is 0.462 e. The molecule has 1 aliphatic carbocycles. The number of benzene rings is 1. The van der Waals surface area contributed by atoms with Crippen molar-refractivity contribution in [2.24, 2.45) is 0 Å². The Morgan fingerprint density at radius 2 is 1.96 bits per heavy atom. The first-order valence-corrected chi connectivity index (χ1v) is 8.83. The standard InChI is InChI=1S/C19H22N4O3/c1-2-26-19(25)14-9-5-6-10-15(14)23-17-11-16(20-12-21-17)18(24)22-13-7-3-4-8-13/h5-6,9-13H,2-4,7-8H2,1H3,(H,22,24)(H,20,21,23). The second-order valence-corrected chi connectivity index (χ2v) is 6.13. The van der Waals surface area contributed by atoms with E-state index >= 15 is 0 Å². The summed E-state index contributed by atoms with van der Waals surface area (Å²) in [7, 11) is 0. The zero-order valence-electron chi connectivity index (χ0n) is 14.7. The molecule has 0 aliphatic heterocycles. The van der Waals surface area contributed by atoms with E-state index < -0.39 is 5.97 Å². The van der Waals surface area contributed by atoms with Crippen LogP contribution in [0.5, 0.6) is 0 Å². The molecule has 0 spiro atoms. The van der Waals surface area contributed by atoms with Gasteiger partial charge in [-0.15, -0.1) is 0 Å². The van der Waals surface area contributed by atoms with E-state index in [0.717, 1.165) is 25.7 Å². The minimum atomic E-state index is -0.413. The minimum absolute atomic E-state index is 0.207. The molecule has 1 aromatic carbocycles. The lowest BCUT2D eigenvalue weighted by Gasteiger charge is -2.13. The number of carbonyl (C=O) groups is 2. The number of nitrogens with zero attached hydrogens (tertiary/aromatic N) is 2. The molecule has 0 bridgehead atoms. The summed E-state index contributed by atoms with van der Waals surface area (Å²) in [4.78, 5) is 32.6. The quantitative estimate of drug-likeness (QED) is 0.775. The smallest absolute Gasteiger partial charge is 0.340 e. The van der Waals surface area contributed by atoms with Gasteiger partial charge < -0.3 is 15.4 Å². The third-order valence-corrected chi connectivity index (χ3v) is 4.28. The molecule has 1 saturated carbocycles. The molecule has 2 N–H and O–H groups in total. The van der Waals surface area contributed by atoms with Gasteiger partial charge in [-0.05, 0) is 31.9 Å². The van der Waals surface area contributed by atoms with Crippen LogP contribution in [0.15, 0.2) is 36.7 Å². The lowest BCUT2D eigenvalue weighted by atomic mass is 10.2. The first-order valence-electron chi connectivity index (χ1n) is 8.83. The summed E-state index contributed by atoms with van der Waals surface area (Å²) in [6, 6.07) is 8.80. The Kier molecular flexibility index (Phi) is 5.78. The van der Waals surface area contributed by atoms with E-state index in [0.29, 0.717) is 29.4 Å². The maximum atomic E-state index is 12.4. The second-order valence-electron chi connectivity index (χ2n) is 6.13. The monoisotopic (exact) mass is 354 g/mol. The van der Waals surface area contributed by atoms with Crippen molar-refractivity contribution in [2.45, 2.75) is 38.6 Å². The number of rotatable bonds is 6. The lowest BCUT2D eigenvalue weighted by Crippen LogP contribution is -2.33. The van der Waals surface area contributed by atoms with Gasteiger partial charge in [0.25, 0.3) is 5.91 Å². The number of esters is 1. The van der Waals surface area contributed by atoms with Gasteiger partial charge in [0, 0.05) is 12.1 Å². The van der Waals surface area contributed by atoms with Gasteiger partial charge in [-0.3, -0.25) is 4.79 Å². The summed E-state index contributed by atoms with van der Waals surface area (Å²) in [6.45, 7) is 2.06. The van der Waals surface area contributed by atoms with Gasteiger partial charge in [0.05, 0.1) is 17.9 Å². The van der Waals surface area contributed by atoms with Crippen molar-refractivity contribution in [1.82, 2.24) is 15.3 Å². The number of anilines is 2. The predicted molar refractivity (Wildman–Crippen MR) is 97.4 cm³/mol. The summed E-state index contributed by atoms with van der Waals surface area (Å²) in [5.74, 6) is -0.182. The lowest BCUT2D eigenvalue weighted by molar-refractivity contribution is 0.0527. The third kappa shape index (κ3) is 4.36. The first kappa shape index (κ1) is 17.8. The fourth-order valence-corrected chi connectivity index (χ4v) is 3.00. The summed E-state index contributed by atoms with van der Waals surface area (Å²) in [6.07, 6.45) is 5.64. The molecular formula is C19H22N4O3. The maximum absolute atomic E-state index is 12.4. The van der Waals surface area contributed by atoms with Gasteiger partial charge in [-0.25, -0.2) is 14.8 Å². The molecule has 1 amide bonds. The van der Waals surface area contributed by atoms with Crippen LogP contribution in [-0.4, -0.2) is 34.5 Å². The topological polar surface area (TPSA) is 93.2 Å². The first-order chi connectivity index (χ1) is 12.7. The summed E-state index contributed by atoms with van der Waals surface area (Å²) in [5.41, 5.74) is 1.26. The highest BCUT2D eigenvalue weighted by atomic mass is 16.5. The third-order valence-electron chi connectivity index (χ3n) is 4.28. The van der Waals surface area contributed by atoms with Crippen molar-refractivity contribution in [3.05, 3.63) is 47.9 Å². The number of hydrogen-bond donors (Lipinski definition) is 2. The average molecular weight is 354 g/mol. The summed E-state index contributed by atoms with van der Waals surface area (Å²) >= 11 is 0. The molecule has 0 unspecified atom stereocenters. The predicted octanol–water partition coefficient (Wildman–Crippen LogP) is 3.07. The van der Waals surface area contributed by atoms with Crippen molar-refractivity contribution >= 4 is 23.4 Å². The van der Waals surface area contributed by atoms with E-state index in [9.17, 15) is 9.59 Å². The van der Waals surface area contributed by atoms with Crippen LogP contribution in [0.1, 0.15) is 53.5 Å². The van der Waals surface area contributed by atoms with Crippen molar-refractivity contribution in [3.8, 4) is 0 Å². The van der Waals surface area contributed by atoms with Crippen molar-refractivity contribution in [1.29, 1.82) is 0 Å². The van der Waals surface area contributed by atoms with E-state index in [2.05, 4.69) is 20.6 Å². The van der Waals surface area contributed by atoms with Gasteiger partial charge in [0.2, 0.25) is 0 Å². The number of hydrogen-bond acceptors (Lipinski definition) is 6. The number of para-hydroxylation sites is 1. The van der Waals surface area contributed by atoms with Crippen molar-refractivity contribution < 1.29 is 14.3 Å². The molecule has 1 aliphatic rings. The fraction of sp³-hybridized carbons (Fsp3) is 0.368. The van der Waals surface area contributed by atoms with Crippen LogP contribution in [-0.2, 0) is 4.74 Å². The zero-order chi connectivity index (χ0) is 18.4. The summed E-state index contributed by atoms with van der Waals surface area (Å²) in [5, 5.41) is 6.07. The SMILES string of the molecule is CCOC(=O)c1ccccc1Nc1cc(C(=O)NC2CCCC2)ncn1. The van der Waals surface area contributed by atoms with Gasteiger partial charge in [0.1, 0.15) is 17.8 Å². The average Bonchev–Trinajstić information content (AvgIpc) is 3.15. The molecule has 2 aromatic rings. The second kappa shape index (κ2) is 8.42. The molecule has 0 atom stereocenters. The molecule has 1 heterocycles. The highest BCUT2D eigenvalue weighted by Gasteiger charge is 2.19. The molecule has 0 radical (unpaired) electrons. The Hall–Kier alpha value is -2.96. The van der Waals surface area contributed by atoms with E-state index in [1.165, 1.54) is 6.33 Å². The molecule has 1 aromatic heterocycles. The molecule has 0 saturated heterocycles. The van der Waals surface area contributed by atoms with Gasteiger partial charge in [-0.2, -0.15) is 0 Å². The highest BCUT2D eigenvalue weighted by molar-refractivity contribution is 5.97. The molecule has 1 fully saturated rings. The van der Waals surface area contributed by atoms with Crippen LogP contribution in [0.25, 0.3) is 0 Å². The molecule has 136 valence electrons. The van der Waals surface area contributed by atoms with Crippen LogP contribution < -0.4 is 10.6 Å². The Balaban J connectivity index is 1.75. The van der Waals surface area contributed by atoms with E-state index in [1.807, 2.05) is 0 Å².